The minimum Gasteiger partial charge on any atom is -0.493 e. The van der Waals surface area contributed by atoms with Crippen molar-refractivity contribution in [3.63, 3.8) is 0 Å². The number of fused-ring (bicyclic) bond motifs is 1. The number of nitrogens with zero attached hydrogens (tertiary/aromatic N) is 3. The van der Waals surface area contributed by atoms with E-state index in [-0.39, 0.29) is 12.2 Å². The number of rotatable bonds is 7. The number of esters is 1. The lowest BCUT2D eigenvalue weighted by atomic mass is 10.2. The van der Waals surface area contributed by atoms with Gasteiger partial charge in [-0.3, -0.25) is 4.79 Å². The molecule has 0 unspecified atom stereocenters. The number of halogens is 1. The van der Waals surface area contributed by atoms with Crippen LogP contribution in [0.4, 0.5) is 0 Å². The van der Waals surface area contributed by atoms with Crippen LogP contribution >= 0.6 is 22.6 Å². The molecule has 0 bridgehead atoms. The molecular weight excluding hydrogens is 549 g/mol. The molecule has 1 heterocycles. The van der Waals surface area contributed by atoms with Crippen LogP contribution in [0.15, 0.2) is 76.6 Å². The number of methoxy groups -OCH3 is 2. The number of aromatic nitrogens is 2. The highest BCUT2D eigenvalue weighted by Gasteiger charge is 2.15. The predicted molar refractivity (Wildman–Crippen MR) is 138 cm³/mol. The van der Waals surface area contributed by atoms with Crippen molar-refractivity contribution in [3.8, 4) is 22.9 Å². The number of ether oxygens (including phenoxy) is 3. The molecule has 3 aromatic carbocycles. The standard InChI is InChI=1S/C25H20IN3O5/c1-32-21-13-16(12-19(26)23(21)34-15-22(30)33-2)14-27-29-24(17-8-4-3-5-9-17)28-20-11-7-6-10-18(20)25(29)31/h3-14H,15H2,1-2H3. The lowest BCUT2D eigenvalue weighted by Crippen LogP contribution is -2.20. The molecule has 0 aliphatic carbocycles. The van der Waals surface area contributed by atoms with Gasteiger partial charge in [0.25, 0.3) is 5.56 Å². The van der Waals surface area contributed by atoms with E-state index in [1.54, 1.807) is 36.5 Å². The Morgan fingerprint density at radius 2 is 1.82 bits per heavy atom. The van der Waals surface area contributed by atoms with Crippen LogP contribution < -0.4 is 15.0 Å². The van der Waals surface area contributed by atoms with Gasteiger partial charge in [-0.05, 0) is 52.4 Å². The first-order valence-corrected chi connectivity index (χ1v) is 11.3. The van der Waals surface area contributed by atoms with Crippen molar-refractivity contribution >= 4 is 45.7 Å². The van der Waals surface area contributed by atoms with Crippen LogP contribution in [0.25, 0.3) is 22.3 Å². The van der Waals surface area contributed by atoms with Crippen molar-refractivity contribution in [3.05, 3.63) is 86.2 Å². The van der Waals surface area contributed by atoms with Crippen molar-refractivity contribution in [1.29, 1.82) is 0 Å². The van der Waals surface area contributed by atoms with E-state index in [9.17, 15) is 9.59 Å². The summed E-state index contributed by atoms with van der Waals surface area (Å²) in [6.45, 7) is -0.241. The van der Waals surface area contributed by atoms with Gasteiger partial charge in [-0.15, -0.1) is 0 Å². The normalized spacial score (nSPS) is 11.0. The third-order valence-corrected chi connectivity index (χ3v) is 5.72. The number of carbonyl (C=O) groups is 1. The number of hydrogen-bond acceptors (Lipinski definition) is 7. The van der Waals surface area contributed by atoms with E-state index in [2.05, 4.69) is 32.4 Å². The van der Waals surface area contributed by atoms with Gasteiger partial charge in [-0.1, -0.05) is 42.5 Å². The molecule has 34 heavy (non-hydrogen) atoms. The van der Waals surface area contributed by atoms with Gasteiger partial charge in [0.05, 0.1) is 34.9 Å². The second-order valence-electron chi connectivity index (χ2n) is 7.08. The topological polar surface area (TPSA) is 92.0 Å². The second-order valence-corrected chi connectivity index (χ2v) is 8.24. The van der Waals surface area contributed by atoms with Crippen LogP contribution in [0, 0.1) is 3.57 Å². The Labute approximate surface area is 208 Å². The van der Waals surface area contributed by atoms with E-state index < -0.39 is 5.97 Å². The molecular formula is C25H20IN3O5. The zero-order valence-corrected chi connectivity index (χ0v) is 20.6. The molecule has 8 nitrogen and oxygen atoms in total. The van der Waals surface area contributed by atoms with Gasteiger partial charge in [0.2, 0.25) is 0 Å². The van der Waals surface area contributed by atoms with Gasteiger partial charge in [-0.25, -0.2) is 9.78 Å². The number of carbonyl (C=O) groups excluding carboxylic acids is 1. The molecule has 0 saturated heterocycles. The Morgan fingerprint density at radius 1 is 1.09 bits per heavy atom. The molecule has 1 aromatic heterocycles. The van der Waals surface area contributed by atoms with E-state index >= 15 is 0 Å². The number of para-hydroxylation sites is 1. The average molecular weight is 569 g/mol. The van der Waals surface area contributed by atoms with Crippen LogP contribution in [0.2, 0.25) is 0 Å². The van der Waals surface area contributed by atoms with E-state index in [4.69, 9.17) is 14.5 Å². The smallest absolute Gasteiger partial charge is 0.343 e. The largest absolute Gasteiger partial charge is 0.493 e. The zero-order chi connectivity index (χ0) is 24.1. The highest BCUT2D eigenvalue weighted by atomic mass is 127. The summed E-state index contributed by atoms with van der Waals surface area (Å²) in [5, 5.41) is 4.95. The Morgan fingerprint density at radius 3 is 2.56 bits per heavy atom. The fraction of sp³-hybridized carbons (Fsp3) is 0.120. The van der Waals surface area contributed by atoms with E-state index in [1.807, 2.05) is 36.4 Å². The molecule has 0 radical (unpaired) electrons. The summed E-state index contributed by atoms with van der Waals surface area (Å²) in [6, 6.07) is 20.1. The van der Waals surface area contributed by atoms with Crippen molar-refractivity contribution in [2.45, 2.75) is 0 Å². The fourth-order valence-electron chi connectivity index (χ4n) is 3.27. The zero-order valence-electron chi connectivity index (χ0n) is 18.4. The molecule has 0 amide bonds. The van der Waals surface area contributed by atoms with Crippen molar-refractivity contribution in [1.82, 2.24) is 9.66 Å². The molecule has 4 aromatic rings. The number of benzene rings is 3. The molecule has 0 aliphatic rings. The fourth-order valence-corrected chi connectivity index (χ4v) is 4.05. The van der Waals surface area contributed by atoms with Crippen LogP contribution in [0.3, 0.4) is 0 Å². The summed E-state index contributed by atoms with van der Waals surface area (Å²) in [5.74, 6) is 0.769. The summed E-state index contributed by atoms with van der Waals surface area (Å²) < 4.78 is 17.6. The Hall–Kier alpha value is -3.73. The average Bonchev–Trinajstić information content (AvgIpc) is 2.87. The summed E-state index contributed by atoms with van der Waals surface area (Å²) >= 11 is 2.08. The van der Waals surface area contributed by atoms with E-state index in [0.29, 0.717) is 37.4 Å². The Balaban J connectivity index is 1.78. The van der Waals surface area contributed by atoms with Gasteiger partial charge in [0, 0.05) is 5.56 Å². The van der Waals surface area contributed by atoms with Crippen LogP contribution in [0.5, 0.6) is 11.5 Å². The molecule has 172 valence electrons. The van der Waals surface area contributed by atoms with E-state index in [0.717, 1.165) is 5.56 Å². The first-order valence-electron chi connectivity index (χ1n) is 10.2. The maximum Gasteiger partial charge on any atom is 0.343 e. The minimum atomic E-state index is -0.500. The molecule has 0 atom stereocenters. The summed E-state index contributed by atoms with van der Waals surface area (Å²) in [6.07, 6.45) is 1.55. The second kappa shape index (κ2) is 10.5. The third-order valence-electron chi connectivity index (χ3n) is 4.92. The van der Waals surface area contributed by atoms with Crippen LogP contribution in [0.1, 0.15) is 5.56 Å². The van der Waals surface area contributed by atoms with Crippen molar-refractivity contribution < 1.29 is 19.0 Å². The Kier molecular flexibility index (Phi) is 7.21. The molecule has 0 N–H and O–H groups in total. The van der Waals surface area contributed by atoms with Gasteiger partial charge in [0.15, 0.2) is 23.9 Å². The lowest BCUT2D eigenvalue weighted by Gasteiger charge is -2.13. The third kappa shape index (κ3) is 4.93. The number of hydrogen-bond donors (Lipinski definition) is 0. The van der Waals surface area contributed by atoms with Gasteiger partial charge in [-0.2, -0.15) is 9.78 Å². The monoisotopic (exact) mass is 569 g/mol. The molecule has 4 rings (SSSR count). The maximum absolute atomic E-state index is 13.3. The minimum absolute atomic E-state index is 0.241. The lowest BCUT2D eigenvalue weighted by molar-refractivity contribution is -0.142. The molecule has 9 heteroatoms. The van der Waals surface area contributed by atoms with Crippen LogP contribution in [-0.2, 0) is 9.53 Å². The summed E-state index contributed by atoms with van der Waals surface area (Å²) in [5.41, 5.74) is 1.76. The first-order chi connectivity index (χ1) is 16.5. The summed E-state index contributed by atoms with van der Waals surface area (Å²) in [7, 11) is 2.79. The van der Waals surface area contributed by atoms with Gasteiger partial charge in [0.1, 0.15) is 0 Å². The molecule has 0 aliphatic heterocycles. The summed E-state index contributed by atoms with van der Waals surface area (Å²) in [4.78, 5) is 29.4. The van der Waals surface area contributed by atoms with Crippen LogP contribution in [-0.4, -0.2) is 42.7 Å². The molecule has 0 spiro atoms. The van der Waals surface area contributed by atoms with Gasteiger partial charge >= 0.3 is 5.97 Å². The van der Waals surface area contributed by atoms with E-state index in [1.165, 1.54) is 18.9 Å². The predicted octanol–water partition coefficient (Wildman–Crippen LogP) is 4.11. The van der Waals surface area contributed by atoms with Crippen molar-refractivity contribution in [2.75, 3.05) is 20.8 Å². The van der Waals surface area contributed by atoms with Gasteiger partial charge < -0.3 is 14.2 Å². The highest BCUT2D eigenvalue weighted by Crippen LogP contribution is 2.33. The van der Waals surface area contributed by atoms with Crippen molar-refractivity contribution in [2.24, 2.45) is 5.10 Å². The molecule has 0 fully saturated rings. The molecule has 0 saturated carbocycles. The first kappa shape index (κ1) is 23.4. The SMILES string of the molecule is COC(=O)COc1c(I)cc(C=Nn2c(-c3ccccc3)nc3ccccc3c2=O)cc1OC. The maximum atomic E-state index is 13.3. The quantitative estimate of drug-likeness (QED) is 0.189. The Bertz CT molecular complexity index is 1430. The highest BCUT2D eigenvalue weighted by molar-refractivity contribution is 14.1.